The van der Waals surface area contributed by atoms with E-state index in [2.05, 4.69) is 29.5 Å². The number of carbonyl (C=O) groups excluding carboxylic acids is 1. The summed E-state index contributed by atoms with van der Waals surface area (Å²) in [6.45, 7) is 6.09. The first-order chi connectivity index (χ1) is 13.5. The van der Waals surface area contributed by atoms with E-state index in [-0.39, 0.29) is 12.5 Å². The van der Waals surface area contributed by atoms with E-state index < -0.39 is 0 Å². The summed E-state index contributed by atoms with van der Waals surface area (Å²) in [5.41, 5.74) is 6.39. The zero-order valence-electron chi connectivity index (χ0n) is 16.3. The molecule has 3 rings (SSSR count). The Morgan fingerprint density at radius 1 is 1.25 bits per heavy atom. The zero-order valence-corrected chi connectivity index (χ0v) is 16.3. The van der Waals surface area contributed by atoms with Gasteiger partial charge in [0.05, 0.1) is 18.1 Å². The second-order valence-corrected chi connectivity index (χ2v) is 6.83. The lowest BCUT2D eigenvalue weighted by Crippen LogP contribution is -2.24. The van der Waals surface area contributed by atoms with Gasteiger partial charge < -0.3 is 4.74 Å². The number of carbonyl (C=O) groups is 1. The van der Waals surface area contributed by atoms with Crippen LogP contribution < -0.4 is 10.2 Å². The van der Waals surface area contributed by atoms with Crippen LogP contribution in [0.2, 0.25) is 0 Å². The van der Waals surface area contributed by atoms with Crippen molar-refractivity contribution in [1.82, 2.24) is 15.2 Å². The molecule has 1 N–H and O–H groups in total. The van der Waals surface area contributed by atoms with Gasteiger partial charge in [0, 0.05) is 11.8 Å². The smallest absolute Gasteiger partial charge is 0.277 e. The third-order valence-corrected chi connectivity index (χ3v) is 4.18. The normalized spacial score (nSPS) is 11.1. The Bertz CT molecular complexity index is 962. The molecule has 6 heteroatoms. The van der Waals surface area contributed by atoms with Crippen LogP contribution >= 0.6 is 0 Å². The van der Waals surface area contributed by atoms with E-state index in [1.54, 1.807) is 17.1 Å². The predicted molar refractivity (Wildman–Crippen MR) is 110 cm³/mol. The Balaban J connectivity index is 1.54. The highest BCUT2D eigenvalue weighted by atomic mass is 16.5. The van der Waals surface area contributed by atoms with Crippen LogP contribution in [0.3, 0.4) is 0 Å². The van der Waals surface area contributed by atoms with Gasteiger partial charge in [0.15, 0.2) is 6.61 Å². The van der Waals surface area contributed by atoms with Crippen LogP contribution in [-0.4, -0.2) is 28.5 Å². The topological polar surface area (TPSA) is 68.5 Å². The molecule has 1 aromatic heterocycles. The molecule has 2 aromatic carbocycles. The number of nitrogens with zero attached hydrogens (tertiary/aromatic N) is 3. The Morgan fingerprint density at radius 3 is 2.79 bits per heavy atom. The average Bonchev–Trinajstić information content (AvgIpc) is 3.16. The number of hydrazone groups is 1. The quantitative estimate of drug-likeness (QED) is 0.503. The number of amides is 1. The number of ether oxygens (including phenoxy) is 1. The van der Waals surface area contributed by atoms with Crippen LogP contribution in [0.1, 0.15) is 36.5 Å². The SMILES string of the molecule is Cc1ccc(C(C)C)c(OCC(=O)N/N=C\c2cnn(-c3ccccc3)c2)c1. The average molecular weight is 376 g/mol. The van der Waals surface area contributed by atoms with Crippen molar-refractivity contribution < 1.29 is 9.53 Å². The Kier molecular flexibility index (Phi) is 6.22. The Hall–Kier alpha value is -3.41. The fourth-order valence-electron chi connectivity index (χ4n) is 2.72. The summed E-state index contributed by atoms with van der Waals surface area (Å²) in [6, 6.07) is 15.8. The summed E-state index contributed by atoms with van der Waals surface area (Å²) < 4.78 is 7.45. The third-order valence-electron chi connectivity index (χ3n) is 4.18. The lowest BCUT2D eigenvalue weighted by molar-refractivity contribution is -0.123. The summed E-state index contributed by atoms with van der Waals surface area (Å²) in [4.78, 5) is 12.0. The number of aryl methyl sites for hydroxylation is 1. The second-order valence-electron chi connectivity index (χ2n) is 6.83. The molecule has 0 atom stereocenters. The van der Waals surface area contributed by atoms with Crippen molar-refractivity contribution >= 4 is 12.1 Å². The van der Waals surface area contributed by atoms with Gasteiger partial charge in [-0.05, 0) is 42.2 Å². The molecule has 28 heavy (non-hydrogen) atoms. The molecular weight excluding hydrogens is 352 g/mol. The molecule has 6 nitrogen and oxygen atoms in total. The lowest BCUT2D eigenvalue weighted by atomic mass is 10.0. The lowest BCUT2D eigenvalue weighted by Gasteiger charge is -2.14. The van der Waals surface area contributed by atoms with E-state index >= 15 is 0 Å². The number of hydrogen-bond acceptors (Lipinski definition) is 4. The number of rotatable bonds is 7. The molecule has 0 unspecified atom stereocenters. The van der Waals surface area contributed by atoms with Gasteiger partial charge >= 0.3 is 0 Å². The highest BCUT2D eigenvalue weighted by molar-refractivity contribution is 5.82. The molecule has 0 radical (unpaired) electrons. The fraction of sp³-hybridized carbons (Fsp3) is 0.227. The van der Waals surface area contributed by atoms with Crippen LogP contribution in [0.4, 0.5) is 0 Å². The van der Waals surface area contributed by atoms with Crippen molar-refractivity contribution in [2.75, 3.05) is 6.61 Å². The summed E-state index contributed by atoms with van der Waals surface area (Å²) in [5.74, 6) is 0.735. The number of benzene rings is 2. The molecule has 0 aliphatic rings. The van der Waals surface area contributed by atoms with Crippen LogP contribution in [-0.2, 0) is 4.79 Å². The van der Waals surface area contributed by atoms with Crippen LogP contribution in [0.15, 0.2) is 66.0 Å². The first-order valence-corrected chi connectivity index (χ1v) is 9.18. The minimum Gasteiger partial charge on any atom is -0.483 e. The summed E-state index contributed by atoms with van der Waals surface area (Å²) >= 11 is 0. The molecule has 0 saturated carbocycles. The minimum atomic E-state index is -0.317. The number of hydrogen-bond donors (Lipinski definition) is 1. The zero-order chi connectivity index (χ0) is 19.9. The number of aromatic nitrogens is 2. The maximum absolute atomic E-state index is 12.0. The van der Waals surface area contributed by atoms with Crippen LogP contribution in [0, 0.1) is 6.92 Å². The minimum absolute atomic E-state index is 0.0935. The standard InChI is InChI=1S/C22H24N4O2/c1-16(2)20-10-9-17(3)11-21(20)28-15-22(27)25-23-12-18-13-24-26(14-18)19-7-5-4-6-8-19/h4-14,16H,15H2,1-3H3,(H,25,27)/b23-12-. The maximum Gasteiger partial charge on any atom is 0.277 e. The van der Waals surface area contributed by atoms with Crippen molar-refractivity contribution in [3.63, 3.8) is 0 Å². The largest absolute Gasteiger partial charge is 0.483 e. The Labute approximate surface area is 164 Å². The molecule has 0 aliphatic heterocycles. The highest BCUT2D eigenvalue weighted by Gasteiger charge is 2.10. The van der Waals surface area contributed by atoms with Gasteiger partial charge in [0.2, 0.25) is 0 Å². The molecule has 3 aromatic rings. The first-order valence-electron chi connectivity index (χ1n) is 9.18. The molecule has 0 saturated heterocycles. The molecule has 0 bridgehead atoms. The summed E-state index contributed by atoms with van der Waals surface area (Å²) in [5, 5.41) is 8.26. The van der Waals surface area contributed by atoms with E-state index in [9.17, 15) is 4.79 Å². The monoisotopic (exact) mass is 376 g/mol. The van der Waals surface area contributed by atoms with Gasteiger partial charge in [-0.2, -0.15) is 10.2 Å². The van der Waals surface area contributed by atoms with Crippen LogP contribution in [0.25, 0.3) is 5.69 Å². The molecule has 144 valence electrons. The molecule has 1 amide bonds. The molecule has 0 aliphatic carbocycles. The fourth-order valence-corrected chi connectivity index (χ4v) is 2.72. The van der Waals surface area contributed by atoms with Crippen molar-refractivity contribution in [2.24, 2.45) is 5.10 Å². The third kappa shape index (κ3) is 5.07. The molecule has 0 spiro atoms. The van der Waals surface area contributed by atoms with E-state index in [0.717, 1.165) is 28.1 Å². The van der Waals surface area contributed by atoms with E-state index in [1.165, 1.54) is 0 Å². The second kappa shape index (κ2) is 8.99. The molecule has 1 heterocycles. The maximum atomic E-state index is 12.0. The van der Waals surface area contributed by atoms with Gasteiger partial charge in [-0.3, -0.25) is 4.79 Å². The van der Waals surface area contributed by atoms with Gasteiger partial charge in [0.25, 0.3) is 5.91 Å². The summed E-state index contributed by atoms with van der Waals surface area (Å²) in [6.07, 6.45) is 5.07. The predicted octanol–water partition coefficient (Wildman–Crippen LogP) is 3.83. The number of para-hydroxylation sites is 1. The van der Waals surface area contributed by atoms with E-state index in [0.29, 0.717) is 5.92 Å². The van der Waals surface area contributed by atoms with E-state index in [4.69, 9.17) is 4.74 Å². The van der Waals surface area contributed by atoms with Crippen molar-refractivity contribution in [2.45, 2.75) is 26.7 Å². The van der Waals surface area contributed by atoms with Gasteiger partial charge in [-0.1, -0.05) is 44.2 Å². The van der Waals surface area contributed by atoms with Crippen LogP contribution in [0.5, 0.6) is 5.75 Å². The van der Waals surface area contributed by atoms with Gasteiger partial charge in [-0.25, -0.2) is 10.1 Å². The van der Waals surface area contributed by atoms with E-state index in [1.807, 2.05) is 61.7 Å². The van der Waals surface area contributed by atoms with Crippen molar-refractivity contribution in [3.05, 3.63) is 77.6 Å². The number of nitrogens with one attached hydrogen (secondary N) is 1. The van der Waals surface area contributed by atoms with Gasteiger partial charge in [0.1, 0.15) is 5.75 Å². The van der Waals surface area contributed by atoms with Crippen molar-refractivity contribution in [1.29, 1.82) is 0 Å². The Morgan fingerprint density at radius 2 is 2.04 bits per heavy atom. The van der Waals surface area contributed by atoms with Crippen molar-refractivity contribution in [3.8, 4) is 11.4 Å². The highest BCUT2D eigenvalue weighted by Crippen LogP contribution is 2.27. The van der Waals surface area contributed by atoms with Gasteiger partial charge in [-0.15, -0.1) is 0 Å². The first kappa shape index (κ1) is 19.4. The molecule has 0 fully saturated rings. The summed E-state index contributed by atoms with van der Waals surface area (Å²) in [7, 11) is 0. The molecular formula is C22H24N4O2.